The Kier molecular flexibility index (Phi) is 4.11. The molecule has 1 aliphatic rings. The Hall–Kier alpha value is -2.34. The standard InChI is InChI=1S/C16H16N2O3S/c19-15(20)12-6-7-18(10-12)16(21)17-13-4-1-3-11(9-13)14-5-2-8-22-14/h1-5,8-9,12H,6-7,10H2,(H,17,21)(H,19,20). The highest BCUT2D eigenvalue weighted by molar-refractivity contribution is 7.13. The van der Waals surface area contributed by atoms with E-state index in [2.05, 4.69) is 5.32 Å². The summed E-state index contributed by atoms with van der Waals surface area (Å²) in [7, 11) is 0. The monoisotopic (exact) mass is 316 g/mol. The van der Waals surface area contributed by atoms with Gasteiger partial charge in [0.25, 0.3) is 0 Å². The van der Waals surface area contributed by atoms with Crippen LogP contribution in [0.15, 0.2) is 41.8 Å². The number of aliphatic carboxylic acids is 1. The number of nitrogens with one attached hydrogen (secondary N) is 1. The second-order valence-electron chi connectivity index (χ2n) is 5.26. The number of rotatable bonds is 3. The van der Waals surface area contributed by atoms with Crippen molar-refractivity contribution in [3.05, 3.63) is 41.8 Å². The van der Waals surface area contributed by atoms with Gasteiger partial charge in [-0.3, -0.25) is 4.79 Å². The van der Waals surface area contributed by atoms with Gasteiger partial charge in [0.1, 0.15) is 0 Å². The van der Waals surface area contributed by atoms with Gasteiger partial charge in [-0.1, -0.05) is 18.2 Å². The van der Waals surface area contributed by atoms with Crippen LogP contribution >= 0.6 is 11.3 Å². The molecule has 3 rings (SSSR count). The number of likely N-dealkylation sites (tertiary alicyclic amines) is 1. The number of nitrogens with zero attached hydrogens (tertiary/aromatic N) is 1. The van der Waals surface area contributed by atoms with E-state index in [4.69, 9.17) is 5.11 Å². The zero-order valence-corrected chi connectivity index (χ0v) is 12.7. The average molecular weight is 316 g/mol. The number of benzene rings is 1. The Morgan fingerprint density at radius 3 is 2.82 bits per heavy atom. The van der Waals surface area contributed by atoms with Crippen LogP contribution in [0.2, 0.25) is 0 Å². The summed E-state index contributed by atoms with van der Waals surface area (Å²) >= 11 is 1.64. The molecule has 2 amide bonds. The van der Waals surface area contributed by atoms with Gasteiger partial charge in [0.15, 0.2) is 0 Å². The Morgan fingerprint density at radius 2 is 2.14 bits per heavy atom. The molecule has 0 saturated carbocycles. The second-order valence-corrected chi connectivity index (χ2v) is 6.21. The lowest BCUT2D eigenvalue weighted by Crippen LogP contribution is -2.33. The lowest BCUT2D eigenvalue weighted by Gasteiger charge is -2.17. The first-order valence-electron chi connectivity index (χ1n) is 7.06. The van der Waals surface area contributed by atoms with Crippen molar-refractivity contribution >= 4 is 29.0 Å². The Bertz CT molecular complexity index is 684. The van der Waals surface area contributed by atoms with E-state index in [-0.39, 0.29) is 12.6 Å². The summed E-state index contributed by atoms with van der Waals surface area (Å²) in [5.74, 6) is -1.29. The van der Waals surface area contributed by atoms with Gasteiger partial charge < -0.3 is 15.3 Å². The molecule has 1 atom stereocenters. The van der Waals surface area contributed by atoms with Crippen molar-refractivity contribution in [1.29, 1.82) is 0 Å². The summed E-state index contributed by atoms with van der Waals surface area (Å²) in [5, 5.41) is 13.8. The van der Waals surface area contributed by atoms with E-state index in [1.54, 1.807) is 16.2 Å². The van der Waals surface area contributed by atoms with Crippen LogP contribution in [-0.2, 0) is 4.79 Å². The van der Waals surface area contributed by atoms with Crippen LogP contribution in [0.1, 0.15) is 6.42 Å². The number of urea groups is 1. The summed E-state index contributed by atoms with van der Waals surface area (Å²) in [4.78, 5) is 25.8. The van der Waals surface area contributed by atoms with Crippen LogP contribution < -0.4 is 5.32 Å². The molecule has 2 N–H and O–H groups in total. The van der Waals surface area contributed by atoms with Crippen molar-refractivity contribution in [2.45, 2.75) is 6.42 Å². The van der Waals surface area contributed by atoms with E-state index in [0.29, 0.717) is 13.0 Å². The number of carbonyl (C=O) groups excluding carboxylic acids is 1. The van der Waals surface area contributed by atoms with Crippen molar-refractivity contribution in [3.63, 3.8) is 0 Å². The highest BCUT2D eigenvalue weighted by Gasteiger charge is 2.30. The van der Waals surface area contributed by atoms with Crippen molar-refractivity contribution < 1.29 is 14.7 Å². The number of carbonyl (C=O) groups is 2. The Labute approximate surface area is 132 Å². The molecule has 114 valence electrons. The fourth-order valence-electron chi connectivity index (χ4n) is 2.54. The smallest absolute Gasteiger partial charge is 0.321 e. The second kappa shape index (κ2) is 6.19. The quantitative estimate of drug-likeness (QED) is 0.912. The number of carboxylic acid groups (broad SMARTS) is 1. The molecule has 2 heterocycles. The SMILES string of the molecule is O=C(O)C1CCN(C(=O)Nc2cccc(-c3cccs3)c2)C1. The van der Waals surface area contributed by atoms with Crippen LogP contribution in [0.4, 0.5) is 10.5 Å². The minimum Gasteiger partial charge on any atom is -0.481 e. The van der Waals surface area contributed by atoms with Gasteiger partial charge in [0, 0.05) is 23.7 Å². The molecule has 22 heavy (non-hydrogen) atoms. The van der Waals surface area contributed by atoms with E-state index >= 15 is 0 Å². The van der Waals surface area contributed by atoms with E-state index in [9.17, 15) is 9.59 Å². The topological polar surface area (TPSA) is 69.6 Å². The molecular formula is C16H16N2O3S. The Balaban J connectivity index is 1.67. The third kappa shape index (κ3) is 3.12. The number of thiophene rings is 1. The molecular weight excluding hydrogens is 300 g/mol. The van der Waals surface area contributed by atoms with Gasteiger partial charge in [-0.05, 0) is 35.6 Å². The molecule has 0 aliphatic carbocycles. The number of hydrogen-bond donors (Lipinski definition) is 2. The van der Waals surface area contributed by atoms with Gasteiger partial charge in [-0.15, -0.1) is 11.3 Å². The van der Waals surface area contributed by atoms with Gasteiger partial charge in [-0.25, -0.2) is 4.79 Å². The summed E-state index contributed by atoms with van der Waals surface area (Å²) in [6.07, 6.45) is 0.512. The van der Waals surface area contributed by atoms with Crippen LogP contribution in [0.5, 0.6) is 0 Å². The first-order chi connectivity index (χ1) is 10.6. The van der Waals surface area contributed by atoms with Crippen LogP contribution in [0, 0.1) is 5.92 Å². The van der Waals surface area contributed by atoms with E-state index in [0.717, 1.165) is 16.1 Å². The van der Waals surface area contributed by atoms with E-state index in [1.165, 1.54) is 0 Å². The van der Waals surface area contributed by atoms with Crippen molar-refractivity contribution in [2.24, 2.45) is 5.92 Å². The summed E-state index contributed by atoms with van der Waals surface area (Å²) in [5.41, 5.74) is 1.77. The van der Waals surface area contributed by atoms with Crippen molar-refractivity contribution in [3.8, 4) is 10.4 Å². The van der Waals surface area contributed by atoms with Gasteiger partial charge in [0.2, 0.25) is 0 Å². The van der Waals surface area contributed by atoms with Crippen LogP contribution in [0.25, 0.3) is 10.4 Å². The molecule has 2 aromatic rings. The molecule has 1 aromatic carbocycles. The van der Waals surface area contributed by atoms with Gasteiger partial charge in [0.05, 0.1) is 5.92 Å². The number of hydrogen-bond acceptors (Lipinski definition) is 3. The fraction of sp³-hybridized carbons (Fsp3) is 0.250. The largest absolute Gasteiger partial charge is 0.481 e. The average Bonchev–Trinajstić information content (AvgIpc) is 3.19. The third-order valence-electron chi connectivity index (χ3n) is 3.74. The number of carboxylic acids is 1. The maximum atomic E-state index is 12.2. The molecule has 0 spiro atoms. The van der Waals surface area contributed by atoms with Crippen molar-refractivity contribution in [1.82, 2.24) is 4.90 Å². The highest BCUT2D eigenvalue weighted by Crippen LogP contribution is 2.27. The predicted octanol–water partition coefficient (Wildman–Crippen LogP) is 3.35. The maximum Gasteiger partial charge on any atom is 0.321 e. The number of anilines is 1. The summed E-state index contributed by atoms with van der Waals surface area (Å²) in [6.45, 7) is 0.749. The molecule has 1 aliphatic heterocycles. The molecule has 1 aromatic heterocycles. The zero-order chi connectivity index (χ0) is 15.5. The minimum absolute atomic E-state index is 0.243. The first kappa shape index (κ1) is 14.6. The normalized spacial score (nSPS) is 17.5. The highest BCUT2D eigenvalue weighted by atomic mass is 32.1. The molecule has 1 fully saturated rings. The molecule has 0 bridgehead atoms. The van der Waals surface area contributed by atoms with Crippen LogP contribution in [-0.4, -0.2) is 35.1 Å². The van der Waals surface area contributed by atoms with Crippen LogP contribution in [0.3, 0.4) is 0 Å². The van der Waals surface area contributed by atoms with Crippen molar-refractivity contribution in [2.75, 3.05) is 18.4 Å². The fourth-order valence-corrected chi connectivity index (χ4v) is 3.27. The van der Waals surface area contributed by atoms with Gasteiger partial charge in [-0.2, -0.15) is 0 Å². The summed E-state index contributed by atoms with van der Waals surface area (Å²) < 4.78 is 0. The third-order valence-corrected chi connectivity index (χ3v) is 4.66. The molecule has 0 radical (unpaired) electrons. The lowest BCUT2D eigenvalue weighted by molar-refractivity contribution is -0.141. The van der Waals surface area contributed by atoms with Gasteiger partial charge >= 0.3 is 12.0 Å². The number of amides is 2. The Morgan fingerprint density at radius 1 is 1.27 bits per heavy atom. The zero-order valence-electron chi connectivity index (χ0n) is 11.9. The summed E-state index contributed by atoms with van der Waals surface area (Å²) in [6, 6.07) is 11.4. The molecule has 6 heteroatoms. The molecule has 1 saturated heterocycles. The molecule has 5 nitrogen and oxygen atoms in total. The van der Waals surface area contributed by atoms with E-state index < -0.39 is 11.9 Å². The first-order valence-corrected chi connectivity index (χ1v) is 7.94. The minimum atomic E-state index is -0.838. The van der Waals surface area contributed by atoms with E-state index in [1.807, 2.05) is 41.8 Å². The predicted molar refractivity (Wildman–Crippen MR) is 86.1 cm³/mol. The molecule has 1 unspecified atom stereocenters. The maximum absolute atomic E-state index is 12.2. The lowest BCUT2D eigenvalue weighted by atomic mass is 10.1.